The average Bonchev–Trinajstić information content (AvgIpc) is 2.76. The van der Waals surface area contributed by atoms with E-state index in [0.717, 1.165) is 6.42 Å². The second-order valence-electron chi connectivity index (χ2n) is 6.38. The van der Waals surface area contributed by atoms with E-state index in [1.807, 2.05) is 6.92 Å². The predicted molar refractivity (Wildman–Crippen MR) is 108 cm³/mol. The third-order valence-electron chi connectivity index (χ3n) is 3.95. The third kappa shape index (κ3) is 8.41. The number of carbonyl (C=O) groups excluding carboxylic acids is 3. The number of halogens is 2. The molecule has 166 valence electrons. The van der Waals surface area contributed by atoms with E-state index < -0.39 is 25.1 Å². The first-order valence-electron chi connectivity index (χ1n) is 9.64. The molecule has 1 amide bonds. The Labute approximate surface area is 178 Å². The number of hydrogen-bond donors (Lipinski definition) is 1. The van der Waals surface area contributed by atoms with Gasteiger partial charge in [-0.05, 0) is 42.8 Å². The van der Waals surface area contributed by atoms with Gasteiger partial charge in [0.2, 0.25) is 0 Å². The van der Waals surface area contributed by atoms with Crippen molar-refractivity contribution in [3.8, 4) is 11.5 Å². The molecule has 0 saturated carbocycles. The van der Waals surface area contributed by atoms with E-state index in [0.29, 0.717) is 17.9 Å². The number of anilines is 1. The molecule has 2 rings (SSSR count). The van der Waals surface area contributed by atoms with Crippen molar-refractivity contribution in [3.63, 3.8) is 0 Å². The maximum Gasteiger partial charge on any atom is 0.387 e. The van der Waals surface area contributed by atoms with Gasteiger partial charge in [-0.15, -0.1) is 0 Å². The fraction of sp³-hybridized carbons (Fsp3) is 0.318. The SMILES string of the molecule is CCCOc1ccc(C(=O)CCC(=O)OCC(=O)Nc2ccccc2OC(F)F)cc1. The van der Waals surface area contributed by atoms with Crippen LogP contribution in [0.2, 0.25) is 0 Å². The van der Waals surface area contributed by atoms with Crippen molar-refractivity contribution in [2.24, 2.45) is 0 Å². The second-order valence-corrected chi connectivity index (χ2v) is 6.38. The van der Waals surface area contributed by atoms with Gasteiger partial charge in [-0.25, -0.2) is 0 Å². The second kappa shape index (κ2) is 12.3. The Morgan fingerprint density at radius 3 is 2.39 bits per heavy atom. The Morgan fingerprint density at radius 1 is 1.00 bits per heavy atom. The van der Waals surface area contributed by atoms with Crippen LogP contribution < -0.4 is 14.8 Å². The Hall–Kier alpha value is -3.49. The zero-order valence-corrected chi connectivity index (χ0v) is 16.9. The van der Waals surface area contributed by atoms with Gasteiger partial charge in [-0.2, -0.15) is 8.78 Å². The maximum absolute atomic E-state index is 12.4. The summed E-state index contributed by atoms with van der Waals surface area (Å²) in [6.07, 6.45) is 0.586. The number of benzene rings is 2. The van der Waals surface area contributed by atoms with Gasteiger partial charge >= 0.3 is 12.6 Å². The molecule has 0 spiro atoms. The summed E-state index contributed by atoms with van der Waals surface area (Å²) in [6, 6.07) is 12.2. The first-order chi connectivity index (χ1) is 14.9. The number of alkyl halides is 2. The van der Waals surface area contributed by atoms with Crippen LogP contribution in [-0.4, -0.2) is 37.5 Å². The third-order valence-corrected chi connectivity index (χ3v) is 3.95. The molecule has 0 bridgehead atoms. The topological polar surface area (TPSA) is 90.9 Å². The van der Waals surface area contributed by atoms with Gasteiger partial charge in [0.25, 0.3) is 5.91 Å². The van der Waals surface area contributed by atoms with Crippen molar-refractivity contribution >= 4 is 23.3 Å². The van der Waals surface area contributed by atoms with E-state index in [4.69, 9.17) is 9.47 Å². The highest BCUT2D eigenvalue weighted by Crippen LogP contribution is 2.25. The molecular weight excluding hydrogens is 412 g/mol. The van der Waals surface area contributed by atoms with E-state index in [-0.39, 0.29) is 30.1 Å². The summed E-state index contributed by atoms with van der Waals surface area (Å²) in [5, 5.41) is 2.33. The molecule has 0 unspecified atom stereocenters. The number of ether oxygens (including phenoxy) is 3. The van der Waals surface area contributed by atoms with E-state index in [1.54, 1.807) is 24.3 Å². The molecule has 0 heterocycles. The predicted octanol–water partition coefficient (Wildman–Crippen LogP) is 4.22. The van der Waals surface area contributed by atoms with Gasteiger partial charge in [-0.3, -0.25) is 14.4 Å². The summed E-state index contributed by atoms with van der Waals surface area (Å²) >= 11 is 0. The molecule has 0 saturated heterocycles. The molecule has 0 aliphatic rings. The van der Waals surface area contributed by atoms with Crippen molar-refractivity contribution in [2.75, 3.05) is 18.5 Å². The number of hydrogen-bond acceptors (Lipinski definition) is 6. The zero-order chi connectivity index (χ0) is 22.6. The van der Waals surface area contributed by atoms with Crippen LogP contribution in [0.15, 0.2) is 48.5 Å². The number of Topliss-reactive ketones (excluding diaryl/α,β-unsaturated/α-hetero) is 1. The first kappa shape index (κ1) is 23.8. The Bertz CT molecular complexity index is 886. The minimum Gasteiger partial charge on any atom is -0.494 e. The van der Waals surface area contributed by atoms with Crippen molar-refractivity contribution in [3.05, 3.63) is 54.1 Å². The van der Waals surface area contributed by atoms with Crippen LogP contribution in [0.4, 0.5) is 14.5 Å². The summed E-state index contributed by atoms with van der Waals surface area (Å²) < 4.78 is 39.4. The lowest BCUT2D eigenvalue weighted by atomic mass is 10.1. The number of nitrogens with one attached hydrogen (secondary N) is 1. The number of amides is 1. The average molecular weight is 435 g/mol. The molecule has 0 aliphatic carbocycles. The number of carbonyl (C=O) groups is 3. The van der Waals surface area contributed by atoms with Crippen molar-refractivity contribution in [2.45, 2.75) is 32.8 Å². The van der Waals surface area contributed by atoms with Crippen LogP contribution in [0, 0.1) is 0 Å². The smallest absolute Gasteiger partial charge is 0.387 e. The fourth-order valence-electron chi connectivity index (χ4n) is 2.49. The van der Waals surface area contributed by atoms with E-state index >= 15 is 0 Å². The molecule has 0 aliphatic heterocycles. The van der Waals surface area contributed by atoms with Crippen LogP contribution in [0.1, 0.15) is 36.5 Å². The van der Waals surface area contributed by atoms with E-state index in [1.165, 1.54) is 24.3 Å². The van der Waals surface area contributed by atoms with Gasteiger partial charge in [0.15, 0.2) is 12.4 Å². The highest BCUT2D eigenvalue weighted by molar-refractivity contribution is 5.98. The molecule has 7 nitrogen and oxygen atoms in total. The maximum atomic E-state index is 12.4. The van der Waals surface area contributed by atoms with Gasteiger partial charge < -0.3 is 19.5 Å². The van der Waals surface area contributed by atoms with Crippen LogP contribution >= 0.6 is 0 Å². The summed E-state index contributed by atoms with van der Waals surface area (Å²) in [5.41, 5.74) is 0.454. The minimum atomic E-state index is -3.05. The molecule has 0 radical (unpaired) electrons. The standard InChI is InChI=1S/C22H23F2NO6/c1-2-13-29-16-9-7-15(8-10-16)18(26)11-12-21(28)30-14-20(27)25-17-5-3-4-6-19(17)31-22(23)24/h3-10,22H,2,11-14H2,1H3,(H,25,27). The Kier molecular flexibility index (Phi) is 9.41. The number of rotatable bonds is 12. The molecule has 9 heteroatoms. The lowest BCUT2D eigenvalue weighted by Crippen LogP contribution is -2.21. The fourth-order valence-corrected chi connectivity index (χ4v) is 2.49. The molecule has 0 fully saturated rings. The Morgan fingerprint density at radius 2 is 1.71 bits per heavy atom. The molecule has 0 atom stereocenters. The summed E-state index contributed by atoms with van der Waals surface area (Å²) in [5.74, 6) is -1.27. The lowest BCUT2D eigenvalue weighted by molar-refractivity contribution is -0.147. The minimum absolute atomic E-state index is 0.0189. The van der Waals surface area contributed by atoms with Gasteiger partial charge in [0.05, 0.1) is 18.7 Å². The molecular formula is C22H23F2NO6. The number of para-hydroxylation sites is 2. The highest BCUT2D eigenvalue weighted by atomic mass is 19.3. The first-order valence-corrected chi connectivity index (χ1v) is 9.64. The Balaban J connectivity index is 1.75. The summed E-state index contributed by atoms with van der Waals surface area (Å²) in [4.78, 5) is 35.9. The largest absolute Gasteiger partial charge is 0.494 e. The molecule has 1 N–H and O–H groups in total. The van der Waals surface area contributed by atoms with Gasteiger partial charge in [0, 0.05) is 12.0 Å². The lowest BCUT2D eigenvalue weighted by Gasteiger charge is -2.11. The summed E-state index contributed by atoms with van der Waals surface area (Å²) in [7, 11) is 0. The van der Waals surface area contributed by atoms with Crippen LogP contribution in [0.3, 0.4) is 0 Å². The highest BCUT2D eigenvalue weighted by Gasteiger charge is 2.14. The number of esters is 1. The summed E-state index contributed by atoms with van der Waals surface area (Å²) in [6.45, 7) is -1.10. The quantitative estimate of drug-likeness (QED) is 0.397. The zero-order valence-electron chi connectivity index (χ0n) is 16.9. The van der Waals surface area contributed by atoms with E-state index in [2.05, 4.69) is 10.1 Å². The van der Waals surface area contributed by atoms with Crippen molar-refractivity contribution in [1.29, 1.82) is 0 Å². The van der Waals surface area contributed by atoms with Crippen molar-refractivity contribution in [1.82, 2.24) is 0 Å². The molecule has 0 aromatic heterocycles. The molecule has 31 heavy (non-hydrogen) atoms. The molecule has 2 aromatic carbocycles. The molecule has 2 aromatic rings. The van der Waals surface area contributed by atoms with Crippen LogP contribution in [0.5, 0.6) is 11.5 Å². The van der Waals surface area contributed by atoms with Crippen molar-refractivity contribution < 1.29 is 37.4 Å². The van der Waals surface area contributed by atoms with Crippen LogP contribution in [-0.2, 0) is 14.3 Å². The normalized spacial score (nSPS) is 10.5. The van der Waals surface area contributed by atoms with E-state index in [9.17, 15) is 23.2 Å². The monoisotopic (exact) mass is 435 g/mol. The van der Waals surface area contributed by atoms with Gasteiger partial charge in [0.1, 0.15) is 11.5 Å². The van der Waals surface area contributed by atoms with Crippen LogP contribution in [0.25, 0.3) is 0 Å². The number of ketones is 1. The van der Waals surface area contributed by atoms with Gasteiger partial charge in [-0.1, -0.05) is 19.1 Å².